The summed E-state index contributed by atoms with van der Waals surface area (Å²) >= 11 is 0. The van der Waals surface area contributed by atoms with Gasteiger partial charge in [-0.1, -0.05) is 36.8 Å². The Morgan fingerprint density at radius 2 is 1.62 bits per heavy atom. The topological polar surface area (TPSA) is 89.4 Å². The van der Waals surface area contributed by atoms with Crippen LogP contribution in [0.15, 0.2) is 63.9 Å². The predicted octanol–water partition coefficient (Wildman–Crippen LogP) is 3.68. The monoisotopic (exact) mass is 411 g/mol. The molecule has 0 unspecified atom stereocenters. The molecule has 6 nitrogen and oxygen atoms in total. The van der Waals surface area contributed by atoms with Crippen molar-refractivity contribution in [3.05, 3.63) is 60.5 Å². The van der Waals surface area contributed by atoms with E-state index in [0.29, 0.717) is 11.7 Å². The molecule has 1 saturated heterocycles. The Bertz CT molecular complexity index is 1050. The molecule has 0 spiro atoms. The molecule has 2 aromatic carbocycles. The van der Waals surface area contributed by atoms with Crippen molar-refractivity contribution in [2.24, 2.45) is 5.14 Å². The lowest BCUT2D eigenvalue weighted by atomic mass is 10.1. The van der Waals surface area contributed by atoms with E-state index in [4.69, 9.17) is 14.5 Å². The molecule has 0 aliphatic carbocycles. The minimum Gasteiger partial charge on any atom is -0.440 e. The molecule has 1 aliphatic rings. The minimum atomic E-state index is -3.73. The lowest BCUT2D eigenvalue weighted by Crippen LogP contribution is -2.31. The number of hydrogen-bond acceptors (Lipinski definition) is 5. The maximum atomic E-state index is 11.5. The highest BCUT2D eigenvalue weighted by molar-refractivity contribution is 7.89. The Hall–Kier alpha value is -2.48. The number of sulfonamides is 1. The first kappa shape index (κ1) is 19.8. The van der Waals surface area contributed by atoms with Gasteiger partial charge in [-0.05, 0) is 50.2 Å². The minimum absolute atomic E-state index is 0.0762. The van der Waals surface area contributed by atoms with E-state index in [0.717, 1.165) is 42.9 Å². The SMILES string of the molecule is NS(=O)(=O)c1ccc(-c2oc(CCN3CCCCC3)nc2-c2ccccc2)cc1. The molecule has 0 atom stereocenters. The van der Waals surface area contributed by atoms with E-state index in [1.54, 1.807) is 12.1 Å². The zero-order valence-corrected chi connectivity index (χ0v) is 17.1. The smallest absolute Gasteiger partial charge is 0.238 e. The zero-order valence-electron chi connectivity index (χ0n) is 16.3. The third-order valence-electron chi connectivity index (χ3n) is 5.25. The van der Waals surface area contributed by atoms with Crippen molar-refractivity contribution in [2.75, 3.05) is 19.6 Å². The van der Waals surface area contributed by atoms with Crippen LogP contribution in [0.4, 0.5) is 0 Å². The fourth-order valence-corrected chi connectivity index (χ4v) is 4.21. The van der Waals surface area contributed by atoms with Gasteiger partial charge < -0.3 is 9.32 Å². The Kier molecular flexibility index (Phi) is 5.80. The van der Waals surface area contributed by atoms with Crippen molar-refractivity contribution in [2.45, 2.75) is 30.6 Å². The Morgan fingerprint density at radius 1 is 0.931 bits per heavy atom. The summed E-state index contributed by atoms with van der Waals surface area (Å²) < 4.78 is 29.2. The highest BCUT2D eigenvalue weighted by Gasteiger charge is 2.19. The highest BCUT2D eigenvalue weighted by atomic mass is 32.2. The van der Waals surface area contributed by atoms with Crippen LogP contribution in [0, 0.1) is 0 Å². The fraction of sp³-hybridized carbons (Fsp3) is 0.318. The van der Waals surface area contributed by atoms with Crippen molar-refractivity contribution >= 4 is 10.0 Å². The van der Waals surface area contributed by atoms with Crippen molar-refractivity contribution in [1.29, 1.82) is 0 Å². The fourth-order valence-electron chi connectivity index (χ4n) is 3.69. The van der Waals surface area contributed by atoms with Crippen molar-refractivity contribution < 1.29 is 12.8 Å². The van der Waals surface area contributed by atoms with E-state index in [1.165, 1.54) is 31.4 Å². The Labute approximate surface area is 171 Å². The van der Waals surface area contributed by atoms with Crippen LogP contribution >= 0.6 is 0 Å². The summed E-state index contributed by atoms with van der Waals surface area (Å²) in [5.74, 6) is 1.34. The largest absolute Gasteiger partial charge is 0.440 e. The van der Waals surface area contributed by atoms with E-state index in [-0.39, 0.29) is 4.90 Å². The van der Waals surface area contributed by atoms with E-state index in [2.05, 4.69) is 4.90 Å². The van der Waals surface area contributed by atoms with Crippen molar-refractivity contribution in [1.82, 2.24) is 9.88 Å². The number of nitrogens with two attached hydrogens (primary N) is 1. The van der Waals surface area contributed by atoms with Crippen LogP contribution in [0.2, 0.25) is 0 Å². The third-order valence-corrected chi connectivity index (χ3v) is 6.18. The molecule has 7 heteroatoms. The van der Waals surface area contributed by atoms with E-state index >= 15 is 0 Å². The van der Waals surface area contributed by atoms with E-state index in [9.17, 15) is 8.42 Å². The second-order valence-corrected chi connectivity index (χ2v) is 8.93. The van der Waals surface area contributed by atoms with Crippen LogP contribution in [0.3, 0.4) is 0 Å². The summed E-state index contributed by atoms with van der Waals surface area (Å²) in [6, 6.07) is 16.3. The second-order valence-electron chi connectivity index (χ2n) is 7.37. The van der Waals surface area contributed by atoms with Gasteiger partial charge in [0.15, 0.2) is 11.7 Å². The van der Waals surface area contributed by atoms with Gasteiger partial charge in [-0.2, -0.15) is 0 Å². The molecule has 29 heavy (non-hydrogen) atoms. The molecule has 1 aliphatic heterocycles. The second kappa shape index (κ2) is 8.49. The van der Waals surface area contributed by atoms with Crippen LogP contribution in [0.1, 0.15) is 25.2 Å². The molecular formula is C22H25N3O3S. The van der Waals surface area contributed by atoms with Gasteiger partial charge in [0.05, 0.1) is 4.90 Å². The number of likely N-dealkylation sites (tertiary alicyclic amines) is 1. The van der Waals surface area contributed by atoms with Crippen LogP contribution in [-0.4, -0.2) is 37.9 Å². The van der Waals surface area contributed by atoms with Gasteiger partial charge in [-0.15, -0.1) is 0 Å². The number of primary sulfonamides is 1. The van der Waals surface area contributed by atoms with Gasteiger partial charge in [0.1, 0.15) is 5.69 Å². The molecule has 152 valence electrons. The van der Waals surface area contributed by atoms with E-state index < -0.39 is 10.0 Å². The van der Waals surface area contributed by atoms with E-state index in [1.807, 2.05) is 30.3 Å². The van der Waals surface area contributed by atoms with Crippen LogP contribution in [0.25, 0.3) is 22.6 Å². The van der Waals surface area contributed by atoms with Crippen LogP contribution in [-0.2, 0) is 16.4 Å². The Balaban J connectivity index is 1.65. The third kappa shape index (κ3) is 4.75. The summed E-state index contributed by atoms with van der Waals surface area (Å²) in [4.78, 5) is 7.31. The number of aromatic nitrogens is 1. The molecule has 2 N–H and O–H groups in total. The summed E-state index contributed by atoms with van der Waals surface area (Å²) in [6.45, 7) is 3.20. The first-order valence-corrected chi connectivity index (χ1v) is 11.5. The first-order chi connectivity index (χ1) is 14.0. The van der Waals surface area contributed by atoms with Crippen molar-refractivity contribution in [3.63, 3.8) is 0 Å². The quantitative estimate of drug-likeness (QED) is 0.668. The zero-order chi connectivity index (χ0) is 20.3. The van der Waals surface area contributed by atoms with Gasteiger partial charge in [0, 0.05) is 24.1 Å². The van der Waals surface area contributed by atoms with Gasteiger partial charge in [-0.3, -0.25) is 0 Å². The van der Waals surface area contributed by atoms with Crippen molar-refractivity contribution in [3.8, 4) is 22.6 Å². The lowest BCUT2D eigenvalue weighted by Gasteiger charge is -2.25. The normalized spacial score (nSPS) is 15.5. The summed E-state index contributed by atoms with van der Waals surface area (Å²) in [7, 11) is -3.73. The number of oxazole rings is 1. The molecule has 0 saturated carbocycles. The van der Waals surface area contributed by atoms with Crippen LogP contribution < -0.4 is 5.14 Å². The molecule has 0 amide bonds. The first-order valence-electron chi connectivity index (χ1n) is 9.91. The average molecular weight is 412 g/mol. The van der Waals surface area contributed by atoms with Gasteiger partial charge in [0.25, 0.3) is 0 Å². The maximum absolute atomic E-state index is 11.5. The summed E-state index contributed by atoms with van der Waals surface area (Å²) in [5, 5.41) is 5.21. The molecule has 0 radical (unpaired) electrons. The molecule has 0 bridgehead atoms. The lowest BCUT2D eigenvalue weighted by molar-refractivity contribution is 0.226. The molecular weight excluding hydrogens is 386 g/mol. The number of hydrogen-bond donors (Lipinski definition) is 1. The summed E-state index contributed by atoms with van der Waals surface area (Å²) in [5.41, 5.74) is 2.50. The highest BCUT2D eigenvalue weighted by Crippen LogP contribution is 2.33. The summed E-state index contributed by atoms with van der Waals surface area (Å²) in [6.07, 6.45) is 4.56. The number of piperidine rings is 1. The molecule has 1 aromatic heterocycles. The standard InChI is InChI=1S/C22H25N3O3S/c23-29(26,27)19-11-9-18(10-12-19)22-21(17-7-3-1-4-8-17)24-20(28-22)13-16-25-14-5-2-6-15-25/h1,3-4,7-12H,2,5-6,13-16H2,(H2,23,26,27). The predicted molar refractivity (Wildman–Crippen MR) is 113 cm³/mol. The van der Waals surface area contributed by atoms with Gasteiger partial charge in [0.2, 0.25) is 10.0 Å². The number of benzene rings is 2. The maximum Gasteiger partial charge on any atom is 0.238 e. The van der Waals surface area contributed by atoms with Crippen LogP contribution in [0.5, 0.6) is 0 Å². The Morgan fingerprint density at radius 3 is 2.28 bits per heavy atom. The number of nitrogens with zero attached hydrogens (tertiary/aromatic N) is 2. The van der Waals surface area contributed by atoms with Gasteiger partial charge in [-0.25, -0.2) is 18.5 Å². The average Bonchev–Trinajstić information content (AvgIpc) is 3.17. The molecule has 3 aromatic rings. The number of rotatable bonds is 6. The molecule has 1 fully saturated rings. The molecule has 2 heterocycles. The van der Waals surface area contributed by atoms with Gasteiger partial charge >= 0.3 is 0 Å². The molecule has 4 rings (SSSR count).